The standard InChI is InChI=1S/C12H27NO6P2/c1-4-9-13-12(7-10-18-20(14)16-5-2)8-11-19-21(15)17-6-3/h4,12-13,20-21H,1,5-11H2,2-3H3. The van der Waals surface area contributed by atoms with Gasteiger partial charge in [0.25, 0.3) is 0 Å². The van der Waals surface area contributed by atoms with E-state index in [4.69, 9.17) is 18.1 Å². The van der Waals surface area contributed by atoms with Gasteiger partial charge in [0.05, 0.1) is 26.4 Å². The molecule has 0 amide bonds. The number of hydrogen-bond acceptors (Lipinski definition) is 7. The van der Waals surface area contributed by atoms with Crippen molar-refractivity contribution in [2.75, 3.05) is 33.0 Å². The lowest BCUT2D eigenvalue weighted by molar-refractivity contribution is 0.204. The quantitative estimate of drug-likeness (QED) is 0.361. The first-order valence-corrected chi connectivity index (χ1v) is 9.52. The molecule has 9 heteroatoms. The van der Waals surface area contributed by atoms with Gasteiger partial charge in [-0.15, -0.1) is 6.58 Å². The molecule has 0 rings (SSSR count). The van der Waals surface area contributed by atoms with Gasteiger partial charge >= 0.3 is 16.5 Å². The molecule has 0 aliphatic heterocycles. The number of nitrogens with one attached hydrogen (secondary N) is 1. The summed E-state index contributed by atoms with van der Waals surface area (Å²) in [4.78, 5) is 0. The van der Waals surface area contributed by atoms with Crippen molar-refractivity contribution in [3.63, 3.8) is 0 Å². The molecule has 0 aromatic heterocycles. The highest BCUT2D eigenvalue weighted by atomic mass is 31.1. The lowest BCUT2D eigenvalue weighted by atomic mass is 10.1. The van der Waals surface area contributed by atoms with Gasteiger partial charge in [-0.2, -0.15) is 0 Å². The molecule has 0 saturated carbocycles. The minimum Gasteiger partial charge on any atom is -0.311 e. The molecule has 0 aliphatic carbocycles. The van der Waals surface area contributed by atoms with Crippen molar-refractivity contribution in [1.29, 1.82) is 0 Å². The molecule has 126 valence electrons. The van der Waals surface area contributed by atoms with Crippen LogP contribution in [0.1, 0.15) is 26.7 Å². The third kappa shape index (κ3) is 13.4. The third-order valence-corrected chi connectivity index (χ3v) is 4.38. The minimum atomic E-state index is -2.39. The fraction of sp³-hybridized carbons (Fsp3) is 0.833. The molecule has 0 aromatic rings. The van der Waals surface area contributed by atoms with Gasteiger partial charge in [-0.05, 0) is 26.7 Å². The predicted molar refractivity (Wildman–Crippen MR) is 84.4 cm³/mol. The van der Waals surface area contributed by atoms with Crippen LogP contribution in [0, 0.1) is 0 Å². The van der Waals surface area contributed by atoms with E-state index in [1.807, 2.05) is 0 Å². The molecule has 7 nitrogen and oxygen atoms in total. The van der Waals surface area contributed by atoms with Gasteiger partial charge in [0.2, 0.25) is 0 Å². The van der Waals surface area contributed by atoms with E-state index in [1.54, 1.807) is 19.9 Å². The third-order valence-electron chi connectivity index (χ3n) is 2.45. The highest BCUT2D eigenvalue weighted by Crippen LogP contribution is 2.25. The summed E-state index contributed by atoms with van der Waals surface area (Å²) in [5.41, 5.74) is 0. The maximum absolute atomic E-state index is 11.2. The smallest absolute Gasteiger partial charge is 0.311 e. The largest absolute Gasteiger partial charge is 0.319 e. The maximum Gasteiger partial charge on any atom is 0.319 e. The number of rotatable bonds is 15. The molecule has 0 spiro atoms. The summed E-state index contributed by atoms with van der Waals surface area (Å²) in [7, 11) is -4.78. The molecule has 0 saturated heterocycles. The molecular weight excluding hydrogens is 316 g/mol. The van der Waals surface area contributed by atoms with Crippen LogP contribution in [0.4, 0.5) is 0 Å². The molecule has 2 unspecified atom stereocenters. The first-order valence-electron chi connectivity index (χ1n) is 7.07. The van der Waals surface area contributed by atoms with Gasteiger partial charge in [0.1, 0.15) is 0 Å². The summed E-state index contributed by atoms with van der Waals surface area (Å²) in [6.07, 6.45) is 3.05. The Morgan fingerprint density at radius 1 is 1.00 bits per heavy atom. The Hall–Kier alpha value is -0.0000000000000000208. The molecular formula is C12H27NO6P2. The van der Waals surface area contributed by atoms with E-state index in [0.717, 1.165) is 0 Å². The van der Waals surface area contributed by atoms with Crippen molar-refractivity contribution in [3.05, 3.63) is 12.7 Å². The van der Waals surface area contributed by atoms with Gasteiger partial charge in [-0.3, -0.25) is 9.13 Å². The normalized spacial score (nSPS) is 15.5. The van der Waals surface area contributed by atoms with Crippen molar-refractivity contribution in [2.24, 2.45) is 0 Å². The Bertz CT molecular complexity index is 292. The zero-order valence-corrected chi connectivity index (χ0v) is 14.8. The van der Waals surface area contributed by atoms with Crippen molar-refractivity contribution >= 4 is 16.5 Å². The Balaban J connectivity index is 3.93. The molecule has 2 atom stereocenters. The van der Waals surface area contributed by atoms with Gasteiger partial charge < -0.3 is 23.4 Å². The summed E-state index contributed by atoms with van der Waals surface area (Å²) in [5.74, 6) is 0. The lowest BCUT2D eigenvalue weighted by Gasteiger charge is -2.17. The highest BCUT2D eigenvalue weighted by molar-refractivity contribution is 7.33. The fourth-order valence-corrected chi connectivity index (χ4v) is 2.69. The zero-order chi connectivity index (χ0) is 15.9. The van der Waals surface area contributed by atoms with Crippen LogP contribution in [0.3, 0.4) is 0 Å². The van der Waals surface area contributed by atoms with E-state index >= 15 is 0 Å². The summed E-state index contributed by atoms with van der Waals surface area (Å²) < 4.78 is 42.4. The first kappa shape index (κ1) is 21.0. The van der Waals surface area contributed by atoms with E-state index in [1.165, 1.54) is 0 Å². The second-order valence-corrected chi connectivity index (χ2v) is 6.19. The topological polar surface area (TPSA) is 83.1 Å². The molecule has 0 aliphatic rings. The van der Waals surface area contributed by atoms with Gasteiger partial charge in [0.15, 0.2) is 0 Å². The highest BCUT2D eigenvalue weighted by Gasteiger charge is 2.10. The van der Waals surface area contributed by atoms with Crippen molar-refractivity contribution in [1.82, 2.24) is 5.32 Å². The molecule has 0 radical (unpaired) electrons. The SMILES string of the molecule is C=CCNC(CCO[PH](=O)OCC)CCO[PH](=O)OCC. The van der Waals surface area contributed by atoms with Gasteiger partial charge in [-0.25, -0.2) is 0 Å². The molecule has 0 fully saturated rings. The molecule has 0 heterocycles. The lowest BCUT2D eigenvalue weighted by Crippen LogP contribution is -2.31. The van der Waals surface area contributed by atoms with Crippen LogP contribution in [0.25, 0.3) is 0 Å². The molecule has 1 N–H and O–H groups in total. The van der Waals surface area contributed by atoms with Crippen LogP contribution in [0.5, 0.6) is 0 Å². The summed E-state index contributed by atoms with van der Waals surface area (Å²) >= 11 is 0. The fourth-order valence-electron chi connectivity index (χ4n) is 1.49. The first-order chi connectivity index (χ1) is 10.1. The van der Waals surface area contributed by atoms with Crippen molar-refractivity contribution in [2.45, 2.75) is 32.7 Å². The minimum absolute atomic E-state index is 0.0934. The van der Waals surface area contributed by atoms with Crippen LogP contribution >= 0.6 is 16.5 Å². The van der Waals surface area contributed by atoms with Gasteiger partial charge in [0, 0.05) is 12.6 Å². The van der Waals surface area contributed by atoms with Crippen LogP contribution in [-0.4, -0.2) is 39.0 Å². The van der Waals surface area contributed by atoms with Crippen LogP contribution in [-0.2, 0) is 27.2 Å². The van der Waals surface area contributed by atoms with E-state index in [0.29, 0.717) is 45.8 Å². The Morgan fingerprint density at radius 2 is 1.48 bits per heavy atom. The zero-order valence-electron chi connectivity index (χ0n) is 12.8. The maximum atomic E-state index is 11.2. The van der Waals surface area contributed by atoms with Crippen LogP contribution in [0.2, 0.25) is 0 Å². The van der Waals surface area contributed by atoms with E-state index in [2.05, 4.69) is 11.9 Å². The van der Waals surface area contributed by atoms with Crippen molar-refractivity contribution in [3.8, 4) is 0 Å². The van der Waals surface area contributed by atoms with E-state index < -0.39 is 16.5 Å². The molecule has 0 bridgehead atoms. The van der Waals surface area contributed by atoms with Gasteiger partial charge in [-0.1, -0.05) is 6.08 Å². The van der Waals surface area contributed by atoms with Crippen LogP contribution < -0.4 is 5.32 Å². The summed E-state index contributed by atoms with van der Waals surface area (Å²) in [6.45, 7) is 9.21. The number of hydrogen-bond donors (Lipinski definition) is 1. The van der Waals surface area contributed by atoms with E-state index in [-0.39, 0.29) is 6.04 Å². The Labute approximate surface area is 128 Å². The molecule has 21 heavy (non-hydrogen) atoms. The Kier molecular flexibility index (Phi) is 14.9. The Morgan fingerprint density at radius 3 is 1.86 bits per heavy atom. The second kappa shape index (κ2) is 14.9. The van der Waals surface area contributed by atoms with E-state index in [9.17, 15) is 9.13 Å². The predicted octanol–water partition coefficient (Wildman–Crippen LogP) is 2.80. The van der Waals surface area contributed by atoms with Crippen molar-refractivity contribution < 1.29 is 27.2 Å². The summed E-state index contributed by atoms with van der Waals surface area (Å²) in [5, 5.41) is 3.24. The van der Waals surface area contributed by atoms with Crippen LogP contribution in [0.15, 0.2) is 12.7 Å². The second-order valence-electron chi connectivity index (χ2n) is 4.03. The average Bonchev–Trinajstić information content (AvgIpc) is 2.44. The monoisotopic (exact) mass is 343 g/mol. The average molecular weight is 343 g/mol. The molecule has 0 aromatic carbocycles. The summed E-state index contributed by atoms with van der Waals surface area (Å²) in [6, 6.07) is 0.0934.